The van der Waals surface area contributed by atoms with Crippen molar-refractivity contribution >= 4 is 5.91 Å². The highest BCUT2D eigenvalue weighted by Gasteiger charge is 2.45. The van der Waals surface area contributed by atoms with Gasteiger partial charge in [-0.2, -0.15) is 5.26 Å². The van der Waals surface area contributed by atoms with Gasteiger partial charge >= 0.3 is 0 Å². The molecule has 0 spiro atoms. The van der Waals surface area contributed by atoms with Crippen molar-refractivity contribution in [2.24, 2.45) is 5.92 Å². The summed E-state index contributed by atoms with van der Waals surface area (Å²) in [6.45, 7) is 1.45. The van der Waals surface area contributed by atoms with Gasteiger partial charge in [-0.15, -0.1) is 0 Å². The maximum atomic E-state index is 11.5. The van der Waals surface area contributed by atoms with Crippen molar-refractivity contribution in [3.63, 3.8) is 0 Å². The van der Waals surface area contributed by atoms with Gasteiger partial charge in [0.15, 0.2) is 0 Å². The topological polar surface area (TPSA) is 64.9 Å². The molecule has 0 unspecified atom stereocenters. The molecule has 0 aromatic heterocycles. The van der Waals surface area contributed by atoms with Crippen molar-refractivity contribution in [1.82, 2.24) is 10.6 Å². The first-order valence-corrected chi connectivity index (χ1v) is 7.71. The van der Waals surface area contributed by atoms with Gasteiger partial charge < -0.3 is 10.6 Å². The number of amides is 1. The number of nitrogens with zero attached hydrogens (tertiary/aromatic N) is 1. The Kier molecular flexibility index (Phi) is 3.94. The minimum absolute atomic E-state index is 0.195. The number of carbonyl (C=O) groups is 1. The van der Waals surface area contributed by atoms with Crippen LogP contribution in [-0.4, -0.2) is 25.0 Å². The fourth-order valence-corrected chi connectivity index (χ4v) is 3.03. The molecule has 1 aromatic rings. The number of carbonyl (C=O) groups excluding carboxylic acids is 1. The van der Waals surface area contributed by atoms with Crippen molar-refractivity contribution in [2.45, 2.75) is 37.1 Å². The van der Waals surface area contributed by atoms with E-state index in [1.54, 1.807) is 0 Å². The van der Waals surface area contributed by atoms with E-state index in [0.717, 1.165) is 37.8 Å². The number of nitrogens with one attached hydrogen (secondary N) is 2. The maximum absolute atomic E-state index is 11.5. The Balaban J connectivity index is 1.40. The second-order valence-corrected chi connectivity index (χ2v) is 6.18. The quantitative estimate of drug-likeness (QED) is 0.781. The predicted octanol–water partition coefficient (Wildman–Crippen LogP) is 1.73. The van der Waals surface area contributed by atoms with Gasteiger partial charge in [-0.3, -0.25) is 4.79 Å². The van der Waals surface area contributed by atoms with Crippen molar-refractivity contribution in [3.05, 3.63) is 35.9 Å². The highest BCUT2D eigenvalue weighted by molar-refractivity contribution is 5.80. The molecule has 0 bridgehead atoms. The zero-order valence-electron chi connectivity index (χ0n) is 12.1. The summed E-state index contributed by atoms with van der Waals surface area (Å²) in [5.41, 5.74) is 0.795. The summed E-state index contributed by atoms with van der Waals surface area (Å²) in [5.74, 6) is 0.471. The molecule has 0 radical (unpaired) electrons. The molecule has 1 amide bonds. The first kappa shape index (κ1) is 14.1. The van der Waals surface area contributed by atoms with Gasteiger partial charge in [-0.05, 0) is 31.2 Å². The van der Waals surface area contributed by atoms with Crippen molar-refractivity contribution in [1.29, 1.82) is 5.26 Å². The lowest BCUT2D eigenvalue weighted by molar-refractivity contribution is -0.122. The molecule has 2 fully saturated rings. The molecule has 4 heteroatoms. The van der Waals surface area contributed by atoms with Crippen LogP contribution in [0.2, 0.25) is 0 Å². The molecule has 3 rings (SSSR count). The molecule has 0 saturated heterocycles. The standard InChI is InChI=1S/C17H21N3O/c18-12-17(14-4-2-1-3-5-14)10-15(11-17)19-8-9-20-16(21)13-6-7-13/h1-5,13,15,19H,6-11H2,(H,20,21). The molecule has 2 aliphatic carbocycles. The summed E-state index contributed by atoms with van der Waals surface area (Å²) in [5, 5.41) is 15.9. The van der Waals surface area contributed by atoms with Crippen LogP contribution in [0.25, 0.3) is 0 Å². The van der Waals surface area contributed by atoms with Gasteiger partial charge in [-0.25, -0.2) is 0 Å². The van der Waals surface area contributed by atoms with Crippen LogP contribution in [0.15, 0.2) is 30.3 Å². The molecule has 2 aliphatic rings. The van der Waals surface area contributed by atoms with E-state index in [4.69, 9.17) is 0 Å². The lowest BCUT2D eigenvalue weighted by Gasteiger charge is -2.43. The lowest BCUT2D eigenvalue weighted by atomic mass is 9.62. The zero-order chi connectivity index (χ0) is 14.7. The fraction of sp³-hybridized carbons (Fsp3) is 0.529. The number of hydrogen-bond donors (Lipinski definition) is 2. The maximum Gasteiger partial charge on any atom is 0.223 e. The Hall–Kier alpha value is -1.86. The van der Waals surface area contributed by atoms with Gasteiger partial charge in [0, 0.05) is 25.0 Å². The van der Waals surface area contributed by atoms with Gasteiger partial charge in [0.05, 0.1) is 11.5 Å². The Morgan fingerprint density at radius 3 is 2.57 bits per heavy atom. The molecule has 0 aliphatic heterocycles. The molecule has 110 valence electrons. The Labute approximate surface area is 125 Å². The zero-order valence-corrected chi connectivity index (χ0v) is 12.1. The first-order chi connectivity index (χ1) is 10.2. The second kappa shape index (κ2) is 5.87. The highest BCUT2D eigenvalue weighted by atomic mass is 16.2. The molecule has 4 nitrogen and oxygen atoms in total. The van der Waals surface area contributed by atoms with Crippen LogP contribution in [-0.2, 0) is 10.2 Å². The van der Waals surface area contributed by atoms with Crippen molar-refractivity contribution in [2.75, 3.05) is 13.1 Å². The van der Waals surface area contributed by atoms with E-state index in [9.17, 15) is 10.1 Å². The summed E-state index contributed by atoms with van der Waals surface area (Å²) in [6, 6.07) is 12.9. The third-order valence-electron chi connectivity index (χ3n) is 4.54. The Morgan fingerprint density at radius 2 is 1.95 bits per heavy atom. The normalized spacial score (nSPS) is 27.5. The van der Waals surface area contributed by atoms with Crippen LogP contribution < -0.4 is 10.6 Å². The first-order valence-electron chi connectivity index (χ1n) is 7.71. The van der Waals surface area contributed by atoms with Crippen LogP contribution in [0.3, 0.4) is 0 Å². The predicted molar refractivity (Wildman–Crippen MR) is 80.5 cm³/mol. The van der Waals surface area contributed by atoms with E-state index in [0.29, 0.717) is 12.6 Å². The third kappa shape index (κ3) is 3.08. The Morgan fingerprint density at radius 1 is 1.24 bits per heavy atom. The molecule has 2 N–H and O–H groups in total. The molecule has 0 atom stereocenters. The molecular formula is C17H21N3O. The largest absolute Gasteiger partial charge is 0.355 e. The number of benzene rings is 1. The minimum atomic E-state index is -0.323. The van der Waals surface area contributed by atoms with Crippen molar-refractivity contribution in [3.8, 4) is 6.07 Å². The molecule has 2 saturated carbocycles. The highest BCUT2D eigenvalue weighted by Crippen LogP contribution is 2.43. The van der Waals surface area contributed by atoms with E-state index < -0.39 is 0 Å². The van der Waals surface area contributed by atoms with Crippen LogP contribution in [0, 0.1) is 17.2 Å². The second-order valence-electron chi connectivity index (χ2n) is 6.18. The van der Waals surface area contributed by atoms with Gasteiger partial charge in [-0.1, -0.05) is 30.3 Å². The molecule has 21 heavy (non-hydrogen) atoms. The minimum Gasteiger partial charge on any atom is -0.355 e. The molecular weight excluding hydrogens is 262 g/mol. The van der Waals surface area contributed by atoms with E-state index >= 15 is 0 Å². The molecule has 0 heterocycles. The smallest absolute Gasteiger partial charge is 0.223 e. The van der Waals surface area contributed by atoms with Gasteiger partial charge in [0.2, 0.25) is 5.91 Å². The van der Waals surface area contributed by atoms with Crippen LogP contribution in [0.1, 0.15) is 31.2 Å². The van der Waals surface area contributed by atoms with Crippen molar-refractivity contribution < 1.29 is 4.79 Å². The number of hydrogen-bond acceptors (Lipinski definition) is 3. The van der Waals surface area contributed by atoms with E-state index in [1.165, 1.54) is 0 Å². The fourth-order valence-electron chi connectivity index (χ4n) is 3.03. The van der Waals surface area contributed by atoms with E-state index in [2.05, 4.69) is 16.7 Å². The summed E-state index contributed by atoms with van der Waals surface area (Å²) < 4.78 is 0. The van der Waals surface area contributed by atoms with E-state index in [-0.39, 0.29) is 17.2 Å². The SMILES string of the molecule is N#CC1(c2ccccc2)CC(NCCNC(=O)C2CC2)C1. The van der Waals surface area contributed by atoms with Crippen LogP contribution >= 0.6 is 0 Å². The average molecular weight is 283 g/mol. The third-order valence-corrected chi connectivity index (χ3v) is 4.54. The van der Waals surface area contributed by atoms with Gasteiger partial charge in [0.25, 0.3) is 0 Å². The van der Waals surface area contributed by atoms with Gasteiger partial charge in [0.1, 0.15) is 0 Å². The lowest BCUT2D eigenvalue weighted by Crippen LogP contribution is -2.52. The number of nitriles is 1. The summed E-state index contributed by atoms with van der Waals surface area (Å²) >= 11 is 0. The van der Waals surface area contributed by atoms with Crippen LogP contribution in [0.4, 0.5) is 0 Å². The monoisotopic (exact) mass is 283 g/mol. The number of rotatable bonds is 6. The summed E-state index contributed by atoms with van der Waals surface area (Å²) in [4.78, 5) is 11.5. The Bertz CT molecular complexity index is 539. The molecule has 1 aromatic carbocycles. The van der Waals surface area contributed by atoms with E-state index in [1.807, 2.05) is 30.3 Å². The summed E-state index contributed by atoms with van der Waals surface area (Å²) in [6.07, 6.45) is 3.79. The van der Waals surface area contributed by atoms with Crippen LogP contribution in [0.5, 0.6) is 0 Å². The average Bonchev–Trinajstić information content (AvgIpc) is 3.31. The summed E-state index contributed by atoms with van der Waals surface area (Å²) in [7, 11) is 0.